The highest BCUT2D eigenvalue weighted by molar-refractivity contribution is 9.10. The molecule has 0 aliphatic carbocycles. The number of ether oxygens (including phenoxy) is 2. The Morgan fingerprint density at radius 3 is 2.72 bits per heavy atom. The van der Waals surface area contributed by atoms with Crippen molar-refractivity contribution in [2.75, 3.05) is 13.7 Å². The van der Waals surface area contributed by atoms with Gasteiger partial charge in [-0.1, -0.05) is 44.5 Å². The first-order valence-electron chi connectivity index (χ1n) is 10.3. The largest absolute Gasteiger partial charge is 0.481 e. The second kappa shape index (κ2) is 10.1. The van der Waals surface area contributed by atoms with Crippen LogP contribution in [0.5, 0.6) is 5.88 Å². The molecule has 0 bridgehead atoms. The van der Waals surface area contributed by atoms with E-state index in [9.17, 15) is 9.59 Å². The molecule has 2 amide bonds. The molecule has 0 radical (unpaired) electrons. The molecule has 172 valence electrons. The maximum atomic E-state index is 12.6. The fourth-order valence-corrected chi connectivity index (χ4v) is 4.15. The highest BCUT2D eigenvalue weighted by Crippen LogP contribution is 2.41. The average Bonchev–Trinajstić information content (AvgIpc) is 3.16. The van der Waals surface area contributed by atoms with Crippen molar-refractivity contribution < 1.29 is 19.1 Å². The van der Waals surface area contributed by atoms with E-state index < -0.39 is 17.6 Å². The van der Waals surface area contributed by atoms with E-state index in [0.717, 1.165) is 10.0 Å². The topological polar surface area (TPSA) is 89.6 Å². The summed E-state index contributed by atoms with van der Waals surface area (Å²) in [5.74, 6) is 0.355. The van der Waals surface area contributed by atoms with E-state index in [2.05, 4.69) is 31.5 Å². The summed E-state index contributed by atoms with van der Waals surface area (Å²) in [6.45, 7) is 6.24. The molecule has 2 aromatic rings. The normalized spacial score (nSPS) is 16.9. The average molecular weight is 525 g/mol. The maximum absolute atomic E-state index is 12.6. The van der Waals surface area contributed by atoms with Gasteiger partial charge in [-0.25, -0.2) is 9.78 Å². The van der Waals surface area contributed by atoms with Crippen LogP contribution in [-0.2, 0) is 9.53 Å². The van der Waals surface area contributed by atoms with Crippen LogP contribution in [0.15, 0.2) is 34.8 Å². The molecule has 0 saturated carbocycles. The number of pyridine rings is 1. The summed E-state index contributed by atoms with van der Waals surface area (Å²) in [5.41, 5.74) is 1.63. The Kier molecular flexibility index (Phi) is 7.67. The standard InChI is InChI=1S/C23H27BrClN3O4/c1-23(2,3)20(32-22(30)26-12-13-8-11-18(29)27-13)15-9-10-17(28-21(15)31-4)14-6-5-7-16(24)19(14)25/h5-7,9-10,13,20H,8,11-12H2,1-4H3,(H,26,30)(H,27,29)/t13?,20-/m1/s1. The van der Waals surface area contributed by atoms with Crippen LogP contribution >= 0.6 is 27.5 Å². The molecule has 1 aromatic carbocycles. The van der Waals surface area contributed by atoms with Gasteiger partial charge in [0.1, 0.15) is 6.10 Å². The van der Waals surface area contributed by atoms with Crippen LogP contribution in [0.1, 0.15) is 45.3 Å². The Morgan fingerprint density at radius 2 is 2.09 bits per heavy atom. The number of nitrogens with zero attached hydrogens (tertiary/aromatic N) is 1. The van der Waals surface area contributed by atoms with Crippen LogP contribution in [0.25, 0.3) is 11.3 Å². The van der Waals surface area contributed by atoms with Crippen LogP contribution in [0.4, 0.5) is 4.79 Å². The number of carbonyl (C=O) groups excluding carboxylic acids is 2. The van der Waals surface area contributed by atoms with E-state index in [4.69, 9.17) is 21.1 Å². The Bertz CT molecular complexity index is 1010. The molecule has 2 heterocycles. The summed E-state index contributed by atoms with van der Waals surface area (Å²) < 4.78 is 12.1. The lowest BCUT2D eigenvalue weighted by Gasteiger charge is -2.31. The molecule has 9 heteroatoms. The van der Waals surface area contributed by atoms with Gasteiger partial charge in [-0.2, -0.15) is 0 Å². The molecule has 1 aliphatic rings. The van der Waals surface area contributed by atoms with Crippen LogP contribution in [0, 0.1) is 5.41 Å². The van der Waals surface area contributed by atoms with E-state index in [1.165, 1.54) is 7.11 Å². The number of benzene rings is 1. The van der Waals surface area contributed by atoms with Gasteiger partial charge in [0.05, 0.1) is 23.4 Å². The van der Waals surface area contributed by atoms with Crippen LogP contribution < -0.4 is 15.4 Å². The summed E-state index contributed by atoms with van der Waals surface area (Å²) in [7, 11) is 1.53. The molecule has 3 rings (SSSR count). The molecule has 1 aromatic heterocycles. The Labute approximate surface area is 201 Å². The lowest BCUT2D eigenvalue weighted by Crippen LogP contribution is -2.40. The lowest BCUT2D eigenvalue weighted by atomic mass is 9.84. The number of methoxy groups -OCH3 is 1. The van der Waals surface area contributed by atoms with Gasteiger partial charge in [-0.15, -0.1) is 0 Å². The summed E-state index contributed by atoms with van der Waals surface area (Å²) in [6, 6.07) is 9.22. The van der Waals surface area contributed by atoms with Gasteiger partial charge in [0.25, 0.3) is 0 Å². The van der Waals surface area contributed by atoms with Gasteiger partial charge in [-0.05, 0) is 40.5 Å². The molecule has 2 atom stereocenters. The summed E-state index contributed by atoms with van der Waals surface area (Å²) >= 11 is 9.87. The van der Waals surface area contributed by atoms with Gasteiger partial charge in [0, 0.05) is 34.5 Å². The first-order chi connectivity index (χ1) is 15.1. The van der Waals surface area contributed by atoms with Crippen molar-refractivity contribution in [3.05, 3.63) is 45.4 Å². The number of alkyl carbamates (subject to hydrolysis) is 1. The molecule has 1 aliphatic heterocycles. The smallest absolute Gasteiger partial charge is 0.407 e. The van der Waals surface area contributed by atoms with Gasteiger partial charge in [0.2, 0.25) is 11.8 Å². The molecule has 1 unspecified atom stereocenters. The fourth-order valence-electron chi connectivity index (χ4n) is 3.56. The molecular weight excluding hydrogens is 498 g/mol. The predicted molar refractivity (Wildman–Crippen MR) is 127 cm³/mol. The summed E-state index contributed by atoms with van der Waals surface area (Å²) in [6.07, 6.45) is -0.00929. The van der Waals surface area contributed by atoms with E-state index in [1.807, 2.05) is 51.1 Å². The minimum Gasteiger partial charge on any atom is -0.481 e. The number of nitrogens with one attached hydrogen (secondary N) is 2. The molecule has 2 N–H and O–H groups in total. The van der Waals surface area contributed by atoms with Crippen molar-refractivity contribution in [2.45, 2.75) is 45.8 Å². The third-order valence-electron chi connectivity index (χ3n) is 5.18. The van der Waals surface area contributed by atoms with Gasteiger partial charge in [-0.3, -0.25) is 4.79 Å². The van der Waals surface area contributed by atoms with E-state index >= 15 is 0 Å². The zero-order valence-electron chi connectivity index (χ0n) is 18.5. The molecule has 1 saturated heterocycles. The number of rotatable bonds is 6. The maximum Gasteiger partial charge on any atom is 0.407 e. The Balaban J connectivity index is 1.83. The minimum absolute atomic E-state index is 0.000755. The van der Waals surface area contributed by atoms with E-state index in [0.29, 0.717) is 41.5 Å². The third kappa shape index (κ3) is 5.72. The summed E-state index contributed by atoms with van der Waals surface area (Å²) in [5, 5.41) is 6.12. The van der Waals surface area contributed by atoms with Gasteiger partial charge >= 0.3 is 6.09 Å². The Morgan fingerprint density at radius 1 is 1.34 bits per heavy atom. The molecule has 1 fully saturated rings. The first kappa shape index (κ1) is 24.3. The number of halogens is 2. The van der Waals surface area contributed by atoms with Crippen LogP contribution in [0.3, 0.4) is 0 Å². The van der Waals surface area contributed by atoms with E-state index in [-0.39, 0.29) is 11.9 Å². The van der Waals surface area contributed by atoms with Crippen LogP contribution in [0.2, 0.25) is 5.02 Å². The highest BCUT2D eigenvalue weighted by atomic mass is 79.9. The quantitative estimate of drug-likeness (QED) is 0.538. The van der Waals surface area contributed by atoms with Crippen molar-refractivity contribution in [3.8, 4) is 17.1 Å². The molecular formula is C23H27BrClN3O4. The minimum atomic E-state index is -0.616. The van der Waals surface area contributed by atoms with Crippen molar-refractivity contribution in [1.29, 1.82) is 0 Å². The monoisotopic (exact) mass is 523 g/mol. The van der Waals surface area contributed by atoms with Crippen molar-refractivity contribution in [3.63, 3.8) is 0 Å². The number of aromatic nitrogens is 1. The number of amides is 2. The predicted octanol–water partition coefficient (Wildman–Crippen LogP) is 5.27. The molecule has 32 heavy (non-hydrogen) atoms. The highest BCUT2D eigenvalue weighted by Gasteiger charge is 2.33. The van der Waals surface area contributed by atoms with Crippen molar-refractivity contribution in [1.82, 2.24) is 15.6 Å². The van der Waals surface area contributed by atoms with Gasteiger partial charge in [0.15, 0.2) is 0 Å². The zero-order chi connectivity index (χ0) is 23.5. The van der Waals surface area contributed by atoms with Crippen molar-refractivity contribution in [2.24, 2.45) is 5.41 Å². The molecule has 7 nitrogen and oxygen atoms in total. The molecule has 0 spiro atoms. The number of hydrogen-bond donors (Lipinski definition) is 2. The second-order valence-electron chi connectivity index (χ2n) is 8.73. The SMILES string of the molecule is COc1nc(-c2cccc(Br)c2Cl)ccc1[C@@H](OC(=O)NCC1CCC(=O)N1)C(C)(C)C. The van der Waals surface area contributed by atoms with E-state index in [1.54, 1.807) is 0 Å². The third-order valence-corrected chi connectivity index (χ3v) is 6.48. The first-order valence-corrected chi connectivity index (χ1v) is 11.5. The second-order valence-corrected chi connectivity index (χ2v) is 9.96. The van der Waals surface area contributed by atoms with Crippen molar-refractivity contribution >= 4 is 39.5 Å². The zero-order valence-corrected chi connectivity index (χ0v) is 20.8. The van der Waals surface area contributed by atoms with Gasteiger partial charge < -0.3 is 20.1 Å². The lowest BCUT2D eigenvalue weighted by molar-refractivity contribution is -0.119. The Hall–Kier alpha value is -2.32. The number of carbonyl (C=O) groups is 2. The summed E-state index contributed by atoms with van der Waals surface area (Å²) in [4.78, 5) is 28.5. The number of hydrogen-bond acceptors (Lipinski definition) is 5. The fraction of sp³-hybridized carbons (Fsp3) is 0.435. The van der Waals surface area contributed by atoms with Crippen LogP contribution in [-0.4, -0.2) is 36.7 Å².